The zero-order valence-electron chi connectivity index (χ0n) is 13.4. The molecular formula is C16H27N3O2. The highest BCUT2D eigenvalue weighted by Crippen LogP contribution is 2.19. The number of amides is 2. The normalized spacial score (nSPS) is 11.1. The lowest BCUT2D eigenvalue weighted by atomic mass is 9.94. The molecular weight excluding hydrogens is 266 g/mol. The molecule has 5 nitrogen and oxygen atoms in total. The average molecular weight is 293 g/mol. The van der Waals surface area contributed by atoms with Crippen molar-refractivity contribution in [2.24, 2.45) is 0 Å². The molecule has 0 aromatic heterocycles. The molecule has 0 radical (unpaired) electrons. The van der Waals surface area contributed by atoms with Gasteiger partial charge in [0, 0.05) is 25.0 Å². The van der Waals surface area contributed by atoms with Crippen molar-refractivity contribution in [1.82, 2.24) is 5.32 Å². The lowest BCUT2D eigenvalue weighted by Gasteiger charge is -2.30. The summed E-state index contributed by atoms with van der Waals surface area (Å²) in [6.07, 6.45) is 1.37. The maximum atomic E-state index is 12.1. The summed E-state index contributed by atoms with van der Waals surface area (Å²) < 4.78 is 0. The van der Waals surface area contributed by atoms with E-state index < -0.39 is 5.54 Å². The van der Waals surface area contributed by atoms with Crippen LogP contribution in [-0.4, -0.2) is 36.9 Å². The summed E-state index contributed by atoms with van der Waals surface area (Å²) in [6.45, 7) is 6.82. The van der Waals surface area contributed by atoms with Gasteiger partial charge in [0.2, 0.25) is 0 Å². The molecule has 0 unspecified atom stereocenters. The monoisotopic (exact) mass is 293 g/mol. The number of nitrogens with zero attached hydrogens (tertiary/aromatic N) is 1. The van der Waals surface area contributed by atoms with E-state index in [0.717, 1.165) is 17.9 Å². The molecule has 1 rings (SSSR count). The van der Waals surface area contributed by atoms with Crippen LogP contribution in [0.2, 0.25) is 0 Å². The topological polar surface area (TPSA) is 64.6 Å². The third-order valence-corrected chi connectivity index (χ3v) is 4.05. The summed E-state index contributed by atoms with van der Waals surface area (Å²) in [5.41, 5.74) is 1.24. The number of nitrogens with one attached hydrogen (secondary N) is 2. The molecule has 0 fully saturated rings. The Bertz CT molecular complexity index is 450. The van der Waals surface area contributed by atoms with Crippen LogP contribution >= 0.6 is 0 Å². The third-order valence-electron chi connectivity index (χ3n) is 4.05. The number of aliphatic hydroxyl groups excluding tert-OH is 1. The first-order valence-corrected chi connectivity index (χ1v) is 7.51. The molecule has 1 aromatic carbocycles. The van der Waals surface area contributed by atoms with E-state index in [0.29, 0.717) is 12.8 Å². The van der Waals surface area contributed by atoms with Crippen LogP contribution in [0.5, 0.6) is 0 Å². The highest BCUT2D eigenvalue weighted by Gasteiger charge is 2.27. The van der Waals surface area contributed by atoms with E-state index in [9.17, 15) is 9.90 Å². The fourth-order valence-electron chi connectivity index (χ4n) is 2.10. The predicted octanol–water partition coefficient (Wildman–Crippen LogP) is 2.82. The van der Waals surface area contributed by atoms with Crippen LogP contribution < -0.4 is 15.5 Å². The smallest absolute Gasteiger partial charge is 0.319 e. The molecule has 0 saturated heterocycles. The number of anilines is 2. The van der Waals surface area contributed by atoms with Crippen molar-refractivity contribution in [3.8, 4) is 0 Å². The Labute approximate surface area is 127 Å². The second kappa shape index (κ2) is 7.88. The minimum atomic E-state index is -0.554. The zero-order valence-corrected chi connectivity index (χ0v) is 13.4. The molecule has 0 heterocycles. The number of aliphatic hydroxyl groups is 1. The summed E-state index contributed by atoms with van der Waals surface area (Å²) in [5, 5.41) is 15.2. The lowest BCUT2D eigenvalue weighted by molar-refractivity contribution is 0.155. The zero-order chi connectivity index (χ0) is 15.9. The second-order valence-electron chi connectivity index (χ2n) is 5.29. The van der Waals surface area contributed by atoms with Crippen LogP contribution in [0.3, 0.4) is 0 Å². The van der Waals surface area contributed by atoms with Crippen LogP contribution in [0.1, 0.15) is 33.6 Å². The van der Waals surface area contributed by atoms with E-state index in [1.54, 1.807) is 0 Å². The van der Waals surface area contributed by atoms with Gasteiger partial charge < -0.3 is 20.6 Å². The van der Waals surface area contributed by atoms with Crippen LogP contribution in [0.15, 0.2) is 24.3 Å². The Kier molecular flexibility index (Phi) is 6.49. The van der Waals surface area contributed by atoms with Gasteiger partial charge in [-0.15, -0.1) is 0 Å². The molecule has 0 saturated carbocycles. The summed E-state index contributed by atoms with van der Waals surface area (Å²) in [6, 6.07) is 7.41. The van der Waals surface area contributed by atoms with E-state index in [4.69, 9.17) is 0 Å². The predicted molar refractivity (Wildman–Crippen MR) is 87.9 cm³/mol. The summed E-state index contributed by atoms with van der Waals surface area (Å²) >= 11 is 0. The molecule has 1 aromatic rings. The minimum absolute atomic E-state index is 0.0635. The van der Waals surface area contributed by atoms with E-state index in [1.165, 1.54) is 0 Å². The third kappa shape index (κ3) is 4.63. The highest BCUT2D eigenvalue weighted by molar-refractivity contribution is 5.90. The van der Waals surface area contributed by atoms with Gasteiger partial charge in [0.15, 0.2) is 0 Å². The van der Waals surface area contributed by atoms with E-state index in [1.807, 2.05) is 45.2 Å². The van der Waals surface area contributed by atoms with Crippen molar-refractivity contribution in [1.29, 1.82) is 0 Å². The maximum absolute atomic E-state index is 12.1. The number of carbonyl (C=O) groups excluding carboxylic acids is 1. The van der Waals surface area contributed by atoms with E-state index in [2.05, 4.69) is 22.5 Å². The molecule has 0 aliphatic carbocycles. The SMILES string of the molecule is CCN(C)c1cccc(NC(=O)NC(CC)(CC)CO)c1. The van der Waals surface area contributed by atoms with Gasteiger partial charge in [-0.3, -0.25) is 0 Å². The number of benzene rings is 1. The standard InChI is InChI=1S/C16H27N3O2/c1-5-16(6-2,12-20)18-15(21)17-13-9-8-10-14(11-13)19(4)7-3/h8-11,20H,5-7,12H2,1-4H3,(H2,17,18,21). The largest absolute Gasteiger partial charge is 0.394 e. The Balaban J connectivity index is 2.75. The van der Waals surface area contributed by atoms with Gasteiger partial charge in [0.05, 0.1) is 12.1 Å². The fraction of sp³-hybridized carbons (Fsp3) is 0.562. The van der Waals surface area contributed by atoms with Crippen LogP contribution in [0.25, 0.3) is 0 Å². The van der Waals surface area contributed by atoms with Gasteiger partial charge in [0.1, 0.15) is 0 Å². The first-order valence-electron chi connectivity index (χ1n) is 7.51. The number of hydrogen-bond donors (Lipinski definition) is 3. The van der Waals surface area contributed by atoms with Crippen LogP contribution in [-0.2, 0) is 0 Å². The van der Waals surface area contributed by atoms with Gasteiger partial charge in [-0.25, -0.2) is 4.79 Å². The van der Waals surface area contributed by atoms with Crippen molar-refractivity contribution in [3.05, 3.63) is 24.3 Å². The van der Waals surface area contributed by atoms with Crippen molar-refractivity contribution in [2.75, 3.05) is 30.4 Å². The molecule has 0 atom stereocenters. The molecule has 0 aliphatic heterocycles. The first kappa shape index (κ1) is 17.3. The molecule has 0 spiro atoms. The Morgan fingerprint density at radius 2 is 1.95 bits per heavy atom. The molecule has 0 bridgehead atoms. The summed E-state index contributed by atoms with van der Waals surface area (Å²) in [7, 11) is 2.00. The molecule has 3 N–H and O–H groups in total. The summed E-state index contributed by atoms with van der Waals surface area (Å²) in [5.74, 6) is 0. The lowest BCUT2D eigenvalue weighted by Crippen LogP contribution is -2.52. The van der Waals surface area contributed by atoms with Crippen molar-refractivity contribution in [2.45, 2.75) is 39.2 Å². The highest BCUT2D eigenvalue weighted by atomic mass is 16.3. The van der Waals surface area contributed by atoms with E-state index in [-0.39, 0.29) is 12.6 Å². The molecule has 2 amide bonds. The van der Waals surface area contributed by atoms with Gasteiger partial charge in [0.25, 0.3) is 0 Å². The number of hydrogen-bond acceptors (Lipinski definition) is 3. The first-order chi connectivity index (χ1) is 10.00. The van der Waals surface area contributed by atoms with Crippen molar-refractivity contribution in [3.63, 3.8) is 0 Å². The molecule has 118 valence electrons. The quantitative estimate of drug-likeness (QED) is 0.724. The van der Waals surface area contributed by atoms with Crippen molar-refractivity contribution < 1.29 is 9.90 Å². The van der Waals surface area contributed by atoms with Crippen molar-refractivity contribution >= 4 is 17.4 Å². The molecule has 21 heavy (non-hydrogen) atoms. The van der Waals surface area contributed by atoms with Gasteiger partial charge >= 0.3 is 6.03 Å². The summed E-state index contributed by atoms with van der Waals surface area (Å²) in [4.78, 5) is 14.2. The van der Waals surface area contributed by atoms with Crippen LogP contribution in [0.4, 0.5) is 16.2 Å². The number of carbonyl (C=O) groups is 1. The minimum Gasteiger partial charge on any atom is -0.394 e. The van der Waals surface area contributed by atoms with Crippen LogP contribution in [0, 0.1) is 0 Å². The van der Waals surface area contributed by atoms with Gasteiger partial charge in [-0.05, 0) is 38.0 Å². The average Bonchev–Trinajstić information content (AvgIpc) is 2.52. The Hall–Kier alpha value is -1.75. The number of rotatable bonds is 7. The molecule has 5 heteroatoms. The fourth-order valence-corrected chi connectivity index (χ4v) is 2.10. The maximum Gasteiger partial charge on any atom is 0.319 e. The molecule has 0 aliphatic rings. The van der Waals surface area contributed by atoms with Gasteiger partial charge in [-0.1, -0.05) is 19.9 Å². The Morgan fingerprint density at radius 3 is 2.48 bits per heavy atom. The van der Waals surface area contributed by atoms with Gasteiger partial charge in [-0.2, -0.15) is 0 Å². The number of urea groups is 1. The van der Waals surface area contributed by atoms with E-state index >= 15 is 0 Å². The Morgan fingerprint density at radius 1 is 1.29 bits per heavy atom. The second-order valence-corrected chi connectivity index (χ2v) is 5.29.